The number of rotatable bonds is 8. The van der Waals surface area contributed by atoms with Crippen LogP contribution in [0.25, 0.3) is 16.7 Å². The van der Waals surface area contributed by atoms with Gasteiger partial charge in [0.15, 0.2) is 17.4 Å². The number of carbonyl (C=O) groups is 1. The number of aryl methyl sites for hydroxylation is 1. The summed E-state index contributed by atoms with van der Waals surface area (Å²) in [5.74, 6) is 0.708. The van der Waals surface area contributed by atoms with Crippen LogP contribution in [0.3, 0.4) is 0 Å². The van der Waals surface area contributed by atoms with E-state index in [0.29, 0.717) is 41.3 Å². The molecule has 0 saturated heterocycles. The van der Waals surface area contributed by atoms with E-state index in [2.05, 4.69) is 20.5 Å². The largest absolute Gasteiger partial charge is 0.494 e. The van der Waals surface area contributed by atoms with Crippen LogP contribution < -0.4 is 10.1 Å². The van der Waals surface area contributed by atoms with Crippen molar-refractivity contribution in [3.8, 4) is 5.75 Å². The van der Waals surface area contributed by atoms with Crippen LogP contribution in [0.15, 0.2) is 12.1 Å². The maximum atomic E-state index is 14.2. The Morgan fingerprint density at radius 1 is 1.20 bits per heavy atom. The number of carbonyl (C=O) groups excluding carboxylic acids is 1. The maximum Gasteiger partial charge on any atom is 0.306 e. The van der Waals surface area contributed by atoms with Crippen LogP contribution >= 0.6 is 0 Å². The SMILES string of the molecule is COc1cc2nc(NCCCCCC(=O)OC(C)(C)C)c3nnc(C)n3c2cc1F. The molecule has 8 nitrogen and oxygen atoms in total. The number of fused-ring (bicyclic) bond motifs is 3. The van der Waals surface area contributed by atoms with Crippen LogP contribution in [-0.2, 0) is 9.53 Å². The Balaban J connectivity index is 1.66. The number of nitrogens with one attached hydrogen (secondary N) is 1. The Kier molecular flexibility index (Phi) is 6.38. The van der Waals surface area contributed by atoms with Crippen molar-refractivity contribution in [3.05, 3.63) is 23.8 Å². The van der Waals surface area contributed by atoms with Gasteiger partial charge < -0.3 is 14.8 Å². The van der Waals surface area contributed by atoms with Crippen LogP contribution in [0.5, 0.6) is 5.75 Å². The fourth-order valence-electron chi connectivity index (χ4n) is 3.22. The van der Waals surface area contributed by atoms with Gasteiger partial charge in [-0.1, -0.05) is 6.42 Å². The van der Waals surface area contributed by atoms with E-state index in [1.807, 2.05) is 27.7 Å². The summed E-state index contributed by atoms with van der Waals surface area (Å²) >= 11 is 0. The van der Waals surface area contributed by atoms with Gasteiger partial charge in [0.1, 0.15) is 11.4 Å². The lowest BCUT2D eigenvalue weighted by atomic mass is 10.1. The average molecular weight is 417 g/mol. The first-order valence-electron chi connectivity index (χ1n) is 10.0. The smallest absolute Gasteiger partial charge is 0.306 e. The molecule has 9 heteroatoms. The van der Waals surface area contributed by atoms with Gasteiger partial charge in [-0.3, -0.25) is 9.20 Å². The van der Waals surface area contributed by atoms with Crippen LogP contribution in [-0.4, -0.2) is 44.8 Å². The van der Waals surface area contributed by atoms with E-state index < -0.39 is 11.4 Å². The molecule has 0 saturated carbocycles. The predicted octanol–water partition coefficient (Wildman–Crippen LogP) is 4.05. The van der Waals surface area contributed by atoms with E-state index in [4.69, 9.17) is 9.47 Å². The van der Waals surface area contributed by atoms with E-state index in [0.717, 1.165) is 19.3 Å². The standard InChI is InChI=1S/C21H28FN5O3/c1-13-25-26-20-19(23-10-8-6-7-9-18(28)30-21(2,3)4)24-15-12-17(29-5)14(22)11-16(15)27(13)20/h11-12H,6-10H2,1-5H3,(H,23,24). The molecule has 1 aromatic carbocycles. The van der Waals surface area contributed by atoms with Crippen molar-refractivity contribution in [2.24, 2.45) is 0 Å². The molecule has 2 heterocycles. The van der Waals surface area contributed by atoms with Gasteiger partial charge in [-0.25, -0.2) is 9.37 Å². The molecule has 0 aliphatic carbocycles. The molecular formula is C21H28FN5O3. The molecule has 0 aliphatic rings. The van der Waals surface area contributed by atoms with Crippen LogP contribution in [0.2, 0.25) is 0 Å². The number of hydrogen-bond acceptors (Lipinski definition) is 7. The summed E-state index contributed by atoms with van der Waals surface area (Å²) in [6, 6.07) is 2.94. The van der Waals surface area contributed by atoms with Crippen molar-refractivity contribution in [2.75, 3.05) is 19.0 Å². The van der Waals surface area contributed by atoms with Gasteiger partial charge >= 0.3 is 5.97 Å². The Bertz CT molecular complexity index is 1060. The Labute approximate surface area is 174 Å². The third-order valence-electron chi connectivity index (χ3n) is 4.53. The highest BCUT2D eigenvalue weighted by atomic mass is 19.1. The average Bonchev–Trinajstić information content (AvgIpc) is 3.05. The third-order valence-corrected chi connectivity index (χ3v) is 4.53. The summed E-state index contributed by atoms with van der Waals surface area (Å²) in [6.45, 7) is 8.06. The molecule has 0 radical (unpaired) electrons. The zero-order valence-electron chi connectivity index (χ0n) is 18.1. The van der Waals surface area contributed by atoms with Gasteiger partial charge in [0.05, 0.1) is 18.1 Å². The third kappa shape index (κ3) is 4.95. The minimum atomic E-state index is -0.466. The summed E-state index contributed by atoms with van der Waals surface area (Å²) < 4.78 is 26.4. The molecule has 30 heavy (non-hydrogen) atoms. The van der Waals surface area contributed by atoms with Gasteiger partial charge in [-0.05, 0) is 40.5 Å². The predicted molar refractivity (Wildman–Crippen MR) is 112 cm³/mol. The number of ether oxygens (including phenoxy) is 2. The number of aromatic nitrogens is 4. The van der Waals surface area contributed by atoms with Crippen LogP contribution in [0, 0.1) is 12.7 Å². The van der Waals surface area contributed by atoms with Gasteiger partial charge in [0.25, 0.3) is 0 Å². The van der Waals surface area contributed by atoms with E-state index in [9.17, 15) is 9.18 Å². The zero-order valence-corrected chi connectivity index (χ0v) is 18.1. The minimum absolute atomic E-state index is 0.133. The second-order valence-electron chi connectivity index (χ2n) is 8.17. The zero-order chi connectivity index (χ0) is 21.9. The molecule has 0 amide bonds. The monoisotopic (exact) mass is 417 g/mol. The molecule has 0 unspecified atom stereocenters. The fraction of sp³-hybridized carbons (Fsp3) is 0.524. The van der Waals surface area contributed by atoms with E-state index in [-0.39, 0.29) is 11.7 Å². The topological polar surface area (TPSA) is 90.6 Å². The van der Waals surface area contributed by atoms with Crippen LogP contribution in [0.1, 0.15) is 52.3 Å². The number of nitrogens with zero attached hydrogens (tertiary/aromatic N) is 4. The summed E-state index contributed by atoms with van der Waals surface area (Å²) in [5.41, 5.74) is 1.25. The van der Waals surface area contributed by atoms with Crippen LogP contribution in [0.4, 0.5) is 10.2 Å². The molecule has 3 aromatic rings. The molecule has 162 valence electrons. The first kappa shape index (κ1) is 21.7. The van der Waals surface area contributed by atoms with Crippen molar-refractivity contribution < 1.29 is 18.7 Å². The second-order valence-corrected chi connectivity index (χ2v) is 8.17. The van der Waals surface area contributed by atoms with Crippen molar-refractivity contribution in [1.82, 2.24) is 19.6 Å². The highest BCUT2D eigenvalue weighted by molar-refractivity contribution is 5.84. The molecule has 0 fully saturated rings. The minimum Gasteiger partial charge on any atom is -0.494 e. The highest BCUT2D eigenvalue weighted by Crippen LogP contribution is 2.27. The number of benzene rings is 1. The number of methoxy groups -OCH3 is 1. The summed E-state index contributed by atoms with van der Waals surface area (Å²) in [7, 11) is 1.42. The first-order chi connectivity index (χ1) is 14.2. The van der Waals surface area contributed by atoms with Crippen molar-refractivity contribution >= 4 is 28.5 Å². The molecule has 0 bridgehead atoms. The lowest BCUT2D eigenvalue weighted by Crippen LogP contribution is -2.23. The number of esters is 1. The summed E-state index contributed by atoms with van der Waals surface area (Å²) in [6.07, 6.45) is 2.90. The Hall–Kier alpha value is -2.97. The van der Waals surface area contributed by atoms with Gasteiger partial charge in [-0.2, -0.15) is 0 Å². The van der Waals surface area contributed by atoms with E-state index in [1.165, 1.54) is 13.2 Å². The van der Waals surface area contributed by atoms with E-state index in [1.54, 1.807) is 10.5 Å². The molecule has 3 rings (SSSR count). The number of hydrogen-bond donors (Lipinski definition) is 1. The van der Waals surface area contributed by atoms with Crippen molar-refractivity contribution in [1.29, 1.82) is 0 Å². The maximum absolute atomic E-state index is 14.2. The Morgan fingerprint density at radius 2 is 1.97 bits per heavy atom. The van der Waals surface area contributed by atoms with Crippen molar-refractivity contribution in [2.45, 2.75) is 59.0 Å². The fourth-order valence-corrected chi connectivity index (χ4v) is 3.22. The Morgan fingerprint density at radius 3 is 2.67 bits per heavy atom. The summed E-state index contributed by atoms with van der Waals surface area (Å²) in [4.78, 5) is 16.4. The number of unbranched alkanes of at least 4 members (excludes halogenated alkanes) is 2. The quantitative estimate of drug-likeness (QED) is 0.437. The van der Waals surface area contributed by atoms with Gasteiger partial charge in [0.2, 0.25) is 5.65 Å². The molecule has 1 N–H and O–H groups in total. The van der Waals surface area contributed by atoms with E-state index >= 15 is 0 Å². The molecule has 0 spiro atoms. The molecule has 2 aromatic heterocycles. The second kappa shape index (κ2) is 8.81. The normalized spacial score (nSPS) is 11.8. The number of anilines is 1. The lowest BCUT2D eigenvalue weighted by Gasteiger charge is -2.19. The highest BCUT2D eigenvalue weighted by Gasteiger charge is 2.17. The molecular weight excluding hydrogens is 389 g/mol. The molecule has 0 atom stereocenters. The van der Waals surface area contributed by atoms with Gasteiger partial charge in [0, 0.05) is 25.1 Å². The first-order valence-corrected chi connectivity index (χ1v) is 10.0. The van der Waals surface area contributed by atoms with Crippen molar-refractivity contribution in [3.63, 3.8) is 0 Å². The lowest BCUT2D eigenvalue weighted by molar-refractivity contribution is -0.154. The summed E-state index contributed by atoms with van der Waals surface area (Å²) in [5, 5.41) is 11.6. The number of halogens is 1. The molecule has 0 aliphatic heterocycles. The van der Waals surface area contributed by atoms with Gasteiger partial charge in [-0.15, -0.1) is 10.2 Å².